The van der Waals surface area contributed by atoms with Gasteiger partial charge in [0, 0.05) is 11.4 Å². The molecule has 0 saturated heterocycles. The number of aromatic nitrogens is 1. The monoisotopic (exact) mass is 251 g/mol. The van der Waals surface area contributed by atoms with Crippen LogP contribution in [0.1, 0.15) is 46.0 Å². The van der Waals surface area contributed by atoms with Crippen LogP contribution in [0.5, 0.6) is 0 Å². The minimum atomic E-state index is 0.641. The first-order valence-corrected chi connectivity index (χ1v) is 7.16. The van der Waals surface area contributed by atoms with Crippen LogP contribution in [0.25, 0.3) is 0 Å². The molecule has 0 fully saturated rings. The lowest BCUT2D eigenvalue weighted by atomic mass is 9.80. The highest BCUT2D eigenvalue weighted by Gasteiger charge is 2.23. The number of fused-ring (bicyclic) bond motifs is 1. The largest absolute Gasteiger partial charge is 0.258 e. The average Bonchev–Trinajstić information content (AvgIpc) is 2.38. The van der Waals surface area contributed by atoms with E-state index >= 15 is 0 Å². The average molecular weight is 251 g/mol. The van der Waals surface area contributed by atoms with Gasteiger partial charge in [0.1, 0.15) is 0 Å². The first-order chi connectivity index (χ1) is 9.15. The van der Waals surface area contributed by atoms with Gasteiger partial charge in [-0.3, -0.25) is 4.98 Å². The van der Waals surface area contributed by atoms with Crippen LogP contribution in [-0.4, -0.2) is 4.98 Å². The van der Waals surface area contributed by atoms with Gasteiger partial charge < -0.3 is 0 Å². The molecule has 0 spiro atoms. The van der Waals surface area contributed by atoms with Crippen LogP contribution in [0.3, 0.4) is 0 Å². The smallest absolute Gasteiger partial charge is 0.0447 e. The minimum Gasteiger partial charge on any atom is -0.258 e. The summed E-state index contributed by atoms with van der Waals surface area (Å²) in [7, 11) is 0. The van der Waals surface area contributed by atoms with Gasteiger partial charge >= 0.3 is 0 Å². The van der Waals surface area contributed by atoms with Gasteiger partial charge in [-0.1, -0.05) is 24.3 Å². The molecule has 0 aliphatic heterocycles. The number of nitrogens with zero attached hydrogens (tertiary/aromatic N) is 1. The van der Waals surface area contributed by atoms with E-state index in [1.54, 1.807) is 0 Å². The van der Waals surface area contributed by atoms with E-state index in [0.717, 1.165) is 12.1 Å². The number of aryl methyl sites for hydroxylation is 3. The Morgan fingerprint density at radius 1 is 1.05 bits per heavy atom. The summed E-state index contributed by atoms with van der Waals surface area (Å²) in [4.78, 5) is 4.78. The van der Waals surface area contributed by atoms with Crippen molar-refractivity contribution in [2.45, 2.75) is 46.0 Å². The summed E-state index contributed by atoms with van der Waals surface area (Å²) in [5.74, 6) is 0.641. The van der Waals surface area contributed by atoms with Crippen LogP contribution >= 0.6 is 0 Å². The number of pyridine rings is 1. The Balaban J connectivity index is 1.97. The maximum Gasteiger partial charge on any atom is 0.0447 e. The molecule has 1 aliphatic carbocycles. The molecule has 3 rings (SSSR count). The fraction of sp³-hybridized carbons (Fsp3) is 0.389. The second-order valence-corrected chi connectivity index (χ2v) is 5.80. The van der Waals surface area contributed by atoms with Crippen molar-refractivity contribution in [1.29, 1.82) is 0 Å². The van der Waals surface area contributed by atoms with Gasteiger partial charge in [-0.05, 0) is 74.3 Å². The Morgan fingerprint density at radius 2 is 1.84 bits per heavy atom. The summed E-state index contributed by atoms with van der Waals surface area (Å²) in [5.41, 5.74) is 8.33. The van der Waals surface area contributed by atoms with Gasteiger partial charge in [-0.15, -0.1) is 0 Å². The van der Waals surface area contributed by atoms with Crippen molar-refractivity contribution in [2.24, 2.45) is 0 Å². The molecular formula is C18H21N. The molecule has 1 aliphatic rings. The SMILES string of the molecule is Cc1cc(C)c2c(n1)CC(c1ccccc1C)CC2. The van der Waals surface area contributed by atoms with Crippen LogP contribution in [0.15, 0.2) is 30.3 Å². The van der Waals surface area contributed by atoms with E-state index in [1.165, 1.54) is 40.8 Å². The van der Waals surface area contributed by atoms with Crippen molar-refractivity contribution < 1.29 is 0 Å². The summed E-state index contributed by atoms with van der Waals surface area (Å²) in [6, 6.07) is 11.0. The van der Waals surface area contributed by atoms with Crippen molar-refractivity contribution in [2.75, 3.05) is 0 Å². The quantitative estimate of drug-likeness (QED) is 0.737. The lowest BCUT2D eigenvalue weighted by Gasteiger charge is -2.27. The fourth-order valence-electron chi connectivity index (χ4n) is 3.42. The van der Waals surface area contributed by atoms with Gasteiger partial charge in [-0.2, -0.15) is 0 Å². The Hall–Kier alpha value is -1.63. The van der Waals surface area contributed by atoms with Gasteiger partial charge in [-0.25, -0.2) is 0 Å². The number of benzene rings is 1. The molecule has 1 heteroatoms. The first kappa shape index (κ1) is 12.4. The molecule has 1 aromatic heterocycles. The van der Waals surface area contributed by atoms with E-state index in [2.05, 4.69) is 51.1 Å². The standard InChI is InChI=1S/C18H21N/c1-12-6-4-5-7-16(12)15-8-9-17-13(2)10-14(3)19-18(17)11-15/h4-7,10,15H,8-9,11H2,1-3H3. The van der Waals surface area contributed by atoms with Gasteiger partial charge in [0.25, 0.3) is 0 Å². The summed E-state index contributed by atoms with van der Waals surface area (Å²) in [6.07, 6.45) is 3.53. The van der Waals surface area contributed by atoms with Crippen LogP contribution < -0.4 is 0 Å². The highest BCUT2D eigenvalue weighted by molar-refractivity contribution is 5.38. The Labute approximate surface area is 115 Å². The molecule has 1 heterocycles. The molecule has 1 aromatic carbocycles. The number of hydrogen-bond donors (Lipinski definition) is 0. The summed E-state index contributed by atoms with van der Waals surface area (Å²) in [6.45, 7) is 6.55. The number of rotatable bonds is 1. The predicted octanol–water partition coefficient (Wildman–Crippen LogP) is 4.28. The lowest BCUT2D eigenvalue weighted by Crippen LogP contribution is -2.16. The second kappa shape index (κ2) is 4.80. The molecule has 0 N–H and O–H groups in total. The Kier molecular flexibility index (Phi) is 3.14. The van der Waals surface area contributed by atoms with Crippen LogP contribution in [0, 0.1) is 20.8 Å². The van der Waals surface area contributed by atoms with E-state index in [9.17, 15) is 0 Å². The third-order valence-electron chi connectivity index (χ3n) is 4.37. The highest BCUT2D eigenvalue weighted by atomic mass is 14.7. The van der Waals surface area contributed by atoms with Gasteiger partial charge in [0.2, 0.25) is 0 Å². The van der Waals surface area contributed by atoms with E-state index in [4.69, 9.17) is 4.98 Å². The molecule has 0 bridgehead atoms. The fourth-order valence-corrected chi connectivity index (χ4v) is 3.42. The molecule has 98 valence electrons. The van der Waals surface area contributed by atoms with Crippen molar-refractivity contribution in [3.8, 4) is 0 Å². The molecule has 1 unspecified atom stereocenters. The first-order valence-electron chi connectivity index (χ1n) is 7.16. The predicted molar refractivity (Wildman–Crippen MR) is 79.7 cm³/mol. The summed E-state index contributed by atoms with van der Waals surface area (Å²) < 4.78 is 0. The Morgan fingerprint density at radius 3 is 2.63 bits per heavy atom. The van der Waals surface area contributed by atoms with E-state index in [0.29, 0.717) is 5.92 Å². The third kappa shape index (κ3) is 2.30. The molecule has 1 nitrogen and oxygen atoms in total. The summed E-state index contributed by atoms with van der Waals surface area (Å²) in [5, 5.41) is 0. The zero-order chi connectivity index (χ0) is 13.4. The molecular weight excluding hydrogens is 230 g/mol. The maximum atomic E-state index is 4.78. The van der Waals surface area contributed by atoms with Gasteiger partial charge in [0.15, 0.2) is 0 Å². The zero-order valence-electron chi connectivity index (χ0n) is 12.0. The number of hydrogen-bond acceptors (Lipinski definition) is 1. The van der Waals surface area contributed by atoms with E-state index in [1.807, 2.05) is 0 Å². The van der Waals surface area contributed by atoms with E-state index in [-0.39, 0.29) is 0 Å². The lowest BCUT2D eigenvalue weighted by molar-refractivity contribution is 0.567. The van der Waals surface area contributed by atoms with Crippen molar-refractivity contribution in [3.63, 3.8) is 0 Å². The normalized spacial score (nSPS) is 18.2. The maximum absolute atomic E-state index is 4.78. The van der Waals surface area contributed by atoms with Crippen LogP contribution in [-0.2, 0) is 12.8 Å². The second-order valence-electron chi connectivity index (χ2n) is 5.80. The van der Waals surface area contributed by atoms with Gasteiger partial charge in [0.05, 0.1) is 0 Å². The van der Waals surface area contributed by atoms with Crippen LogP contribution in [0.4, 0.5) is 0 Å². The molecule has 0 radical (unpaired) electrons. The van der Waals surface area contributed by atoms with Crippen molar-refractivity contribution >= 4 is 0 Å². The van der Waals surface area contributed by atoms with Crippen molar-refractivity contribution in [1.82, 2.24) is 4.98 Å². The molecule has 0 saturated carbocycles. The van der Waals surface area contributed by atoms with E-state index < -0.39 is 0 Å². The molecule has 19 heavy (non-hydrogen) atoms. The zero-order valence-corrected chi connectivity index (χ0v) is 12.0. The van der Waals surface area contributed by atoms with Crippen LogP contribution in [0.2, 0.25) is 0 Å². The Bertz CT molecular complexity index is 613. The summed E-state index contributed by atoms with van der Waals surface area (Å²) >= 11 is 0. The topological polar surface area (TPSA) is 12.9 Å². The molecule has 2 aromatic rings. The molecule has 1 atom stereocenters. The third-order valence-corrected chi connectivity index (χ3v) is 4.37. The minimum absolute atomic E-state index is 0.641. The molecule has 0 amide bonds. The van der Waals surface area contributed by atoms with Crippen molar-refractivity contribution in [3.05, 3.63) is 64.0 Å². The highest BCUT2D eigenvalue weighted by Crippen LogP contribution is 2.34.